The van der Waals surface area contributed by atoms with Crippen molar-refractivity contribution in [2.24, 2.45) is 5.92 Å². The molecule has 0 amide bonds. The minimum atomic E-state index is 0.0446. The van der Waals surface area contributed by atoms with Crippen molar-refractivity contribution in [3.8, 4) is 11.5 Å². The molecular weight excluding hydrogens is 438 g/mol. The molecule has 196 valence electrons. The summed E-state index contributed by atoms with van der Waals surface area (Å²) >= 11 is 0. The lowest BCUT2D eigenvalue weighted by Crippen LogP contribution is -2.23. The van der Waals surface area contributed by atoms with Gasteiger partial charge in [0.2, 0.25) is 0 Å². The summed E-state index contributed by atoms with van der Waals surface area (Å²) in [6.45, 7) is 18.3. The van der Waals surface area contributed by atoms with Gasteiger partial charge in [0.15, 0.2) is 0 Å². The fourth-order valence-electron chi connectivity index (χ4n) is 4.65. The highest BCUT2D eigenvalue weighted by atomic mass is 16.5. The van der Waals surface area contributed by atoms with E-state index in [4.69, 9.17) is 14.2 Å². The van der Waals surface area contributed by atoms with Crippen LogP contribution in [-0.2, 0) is 15.9 Å². The number of unbranched alkanes of at least 4 members (excludes halogenated alkanes) is 2. The van der Waals surface area contributed by atoms with Gasteiger partial charge in [0.05, 0.1) is 25.6 Å². The summed E-state index contributed by atoms with van der Waals surface area (Å²) in [4.78, 5) is 0. The van der Waals surface area contributed by atoms with Crippen LogP contribution in [0.4, 0.5) is 0 Å². The first-order chi connectivity index (χ1) is 16.9. The predicted octanol–water partition coefficient (Wildman–Crippen LogP) is 6.68. The molecule has 2 unspecified atom stereocenters. The van der Waals surface area contributed by atoms with Gasteiger partial charge in [-0.1, -0.05) is 50.1 Å². The molecule has 35 heavy (non-hydrogen) atoms. The molecule has 0 saturated carbocycles. The summed E-state index contributed by atoms with van der Waals surface area (Å²) in [5, 5.41) is 14.5. The standard InChI is InChI=1S/C30H47NO4/c1-7-8-9-10-25-20-28(32)30(27-19-23(4)11-12-26(27)22(2)3)29(21-25)35-24(5)13-16-34-18-15-31-14-17-33-6/h19-21,26-27,31-32H,2,5,7-18H2,1,3-4,6H3. The zero-order chi connectivity index (χ0) is 25.6. The predicted molar refractivity (Wildman–Crippen MR) is 145 cm³/mol. The Bertz CT molecular complexity index is 845. The summed E-state index contributed by atoms with van der Waals surface area (Å²) in [5.74, 6) is 1.99. The molecule has 0 fully saturated rings. The third-order valence-corrected chi connectivity index (χ3v) is 6.65. The van der Waals surface area contributed by atoms with Gasteiger partial charge in [0, 0.05) is 38.1 Å². The van der Waals surface area contributed by atoms with Gasteiger partial charge >= 0.3 is 0 Å². The number of aryl methyl sites for hydroxylation is 1. The van der Waals surface area contributed by atoms with Crippen LogP contribution in [0.25, 0.3) is 0 Å². The molecule has 0 heterocycles. The number of hydrogen-bond donors (Lipinski definition) is 2. The van der Waals surface area contributed by atoms with Gasteiger partial charge in [-0.3, -0.25) is 0 Å². The van der Waals surface area contributed by atoms with E-state index in [1.807, 2.05) is 6.07 Å². The fraction of sp³-hybridized carbons (Fsp3) is 0.600. The van der Waals surface area contributed by atoms with Crippen molar-refractivity contribution in [1.29, 1.82) is 0 Å². The molecule has 1 aromatic rings. The van der Waals surface area contributed by atoms with E-state index in [-0.39, 0.29) is 11.8 Å². The number of rotatable bonds is 17. The van der Waals surface area contributed by atoms with Gasteiger partial charge in [-0.15, -0.1) is 0 Å². The Labute approximate surface area is 213 Å². The van der Waals surface area contributed by atoms with E-state index in [1.54, 1.807) is 7.11 Å². The minimum absolute atomic E-state index is 0.0446. The molecule has 0 radical (unpaired) electrons. The minimum Gasteiger partial charge on any atom is -0.507 e. The number of phenols is 1. The molecule has 1 aromatic carbocycles. The summed E-state index contributed by atoms with van der Waals surface area (Å²) in [6, 6.07) is 4.03. The van der Waals surface area contributed by atoms with Gasteiger partial charge in [-0.2, -0.15) is 0 Å². The van der Waals surface area contributed by atoms with E-state index in [0.29, 0.717) is 43.5 Å². The van der Waals surface area contributed by atoms with Crippen molar-refractivity contribution in [1.82, 2.24) is 5.32 Å². The zero-order valence-electron chi connectivity index (χ0n) is 22.5. The van der Waals surface area contributed by atoms with Crippen molar-refractivity contribution in [2.75, 3.05) is 40.0 Å². The Kier molecular flexibility index (Phi) is 13.2. The van der Waals surface area contributed by atoms with E-state index < -0.39 is 0 Å². The first kappa shape index (κ1) is 29.2. The number of allylic oxidation sites excluding steroid dienone is 3. The van der Waals surface area contributed by atoms with Crippen LogP contribution in [-0.4, -0.2) is 45.1 Å². The van der Waals surface area contributed by atoms with Crippen LogP contribution >= 0.6 is 0 Å². The normalized spacial score (nSPS) is 17.8. The number of aromatic hydroxyl groups is 1. The number of benzene rings is 1. The molecule has 0 saturated heterocycles. The Morgan fingerprint density at radius 2 is 1.91 bits per heavy atom. The Balaban J connectivity index is 2.14. The highest BCUT2D eigenvalue weighted by molar-refractivity contribution is 5.53. The molecule has 0 aliphatic heterocycles. The molecule has 0 bridgehead atoms. The van der Waals surface area contributed by atoms with Crippen LogP contribution < -0.4 is 10.1 Å². The summed E-state index contributed by atoms with van der Waals surface area (Å²) < 4.78 is 17.1. The lowest BCUT2D eigenvalue weighted by atomic mass is 9.73. The second kappa shape index (κ2) is 15.8. The summed E-state index contributed by atoms with van der Waals surface area (Å²) in [5.41, 5.74) is 4.43. The molecule has 5 nitrogen and oxygen atoms in total. The van der Waals surface area contributed by atoms with Crippen molar-refractivity contribution in [2.45, 2.75) is 71.6 Å². The maximum atomic E-state index is 11.2. The summed E-state index contributed by atoms with van der Waals surface area (Å²) in [6.07, 6.45) is 9.33. The first-order valence-corrected chi connectivity index (χ1v) is 13.2. The van der Waals surface area contributed by atoms with Gasteiger partial charge < -0.3 is 24.6 Å². The molecule has 1 aliphatic carbocycles. The smallest absolute Gasteiger partial charge is 0.134 e. The molecule has 1 aliphatic rings. The van der Waals surface area contributed by atoms with Crippen LogP contribution in [0.15, 0.2) is 48.3 Å². The van der Waals surface area contributed by atoms with E-state index in [2.05, 4.69) is 51.4 Å². The van der Waals surface area contributed by atoms with Gasteiger partial charge in [0.1, 0.15) is 11.5 Å². The van der Waals surface area contributed by atoms with Crippen molar-refractivity contribution >= 4 is 0 Å². The first-order valence-electron chi connectivity index (χ1n) is 13.2. The SMILES string of the molecule is C=C(CCOCCNCCOC)Oc1cc(CCCCC)cc(O)c1C1C=C(C)CCC1C(=C)C. The van der Waals surface area contributed by atoms with Crippen LogP contribution in [0.5, 0.6) is 11.5 Å². The Morgan fingerprint density at radius 3 is 2.63 bits per heavy atom. The number of phenolic OH excluding ortho intramolecular Hbond substituents is 1. The number of nitrogens with one attached hydrogen (secondary N) is 1. The Morgan fingerprint density at radius 1 is 1.14 bits per heavy atom. The zero-order valence-corrected chi connectivity index (χ0v) is 22.5. The van der Waals surface area contributed by atoms with Crippen molar-refractivity contribution in [3.05, 3.63) is 59.4 Å². The topological polar surface area (TPSA) is 60.0 Å². The average molecular weight is 486 g/mol. The molecule has 0 aromatic heterocycles. The van der Waals surface area contributed by atoms with Gasteiger partial charge in [-0.05, 0) is 63.1 Å². The Hall–Kier alpha value is -2.08. The molecule has 2 rings (SSSR count). The van der Waals surface area contributed by atoms with Crippen LogP contribution in [0.3, 0.4) is 0 Å². The second-order valence-corrected chi connectivity index (χ2v) is 9.76. The quantitative estimate of drug-likeness (QED) is 0.146. The largest absolute Gasteiger partial charge is 0.507 e. The van der Waals surface area contributed by atoms with E-state index >= 15 is 0 Å². The maximum Gasteiger partial charge on any atom is 0.134 e. The van der Waals surface area contributed by atoms with E-state index in [9.17, 15) is 5.11 Å². The highest BCUT2D eigenvalue weighted by Gasteiger charge is 2.31. The van der Waals surface area contributed by atoms with Crippen molar-refractivity contribution in [3.63, 3.8) is 0 Å². The van der Waals surface area contributed by atoms with Crippen LogP contribution in [0.2, 0.25) is 0 Å². The molecule has 2 N–H and O–H groups in total. The number of hydrogen-bond acceptors (Lipinski definition) is 5. The lowest BCUT2D eigenvalue weighted by Gasteiger charge is -2.32. The van der Waals surface area contributed by atoms with Crippen LogP contribution in [0, 0.1) is 5.92 Å². The molecular formula is C30H47NO4. The van der Waals surface area contributed by atoms with Gasteiger partial charge in [-0.25, -0.2) is 0 Å². The van der Waals surface area contributed by atoms with E-state index in [0.717, 1.165) is 55.5 Å². The second-order valence-electron chi connectivity index (χ2n) is 9.76. The highest BCUT2D eigenvalue weighted by Crippen LogP contribution is 2.47. The third kappa shape index (κ3) is 9.83. The summed E-state index contributed by atoms with van der Waals surface area (Å²) in [7, 11) is 1.69. The number of methoxy groups -OCH3 is 1. The molecule has 2 atom stereocenters. The lowest BCUT2D eigenvalue weighted by molar-refractivity contribution is 0.129. The fourth-order valence-corrected chi connectivity index (χ4v) is 4.65. The van der Waals surface area contributed by atoms with Crippen LogP contribution in [0.1, 0.15) is 76.3 Å². The van der Waals surface area contributed by atoms with Gasteiger partial charge in [0.25, 0.3) is 0 Å². The maximum absolute atomic E-state index is 11.2. The van der Waals surface area contributed by atoms with Crippen molar-refractivity contribution < 1.29 is 19.3 Å². The monoisotopic (exact) mass is 485 g/mol. The average Bonchev–Trinajstić information content (AvgIpc) is 2.80. The molecule has 5 heteroatoms. The van der Waals surface area contributed by atoms with E-state index in [1.165, 1.54) is 18.4 Å². The number of ether oxygens (including phenoxy) is 3. The molecule has 0 spiro atoms. The third-order valence-electron chi connectivity index (χ3n) is 6.65.